The zero-order valence-corrected chi connectivity index (χ0v) is 14.1. The van der Waals surface area contributed by atoms with Crippen LogP contribution in [0.2, 0.25) is 0 Å². The third-order valence-corrected chi connectivity index (χ3v) is 4.63. The van der Waals surface area contributed by atoms with Gasteiger partial charge in [-0.1, -0.05) is 0 Å². The quantitative estimate of drug-likeness (QED) is 0.646. The Balaban J connectivity index is 1.72. The van der Waals surface area contributed by atoms with Gasteiger partial charge in [-0.25, -0.2) is 0 Å². The standard InChI is InChI=1S/C17H21N3O5/c1-25-15-7-4-11(9-14(15)20(23)24)17(22)19-8-2-3-12(10-19)16(21)18-13-5-6-13/h4,7,9,12-13H,2-3,5-6,8,10H2,1H3,(H,18,21)/t12-/m1/s1. The Kier molecular flexibility index (Phi) is 4.87. The van der Waals surface area contributed by atoms with Crippen LogP contribution in [0.1, 0.15) is 36.0 Å². The molecule has 8 nitrogen and oxygen atoms in total. The molecular weight excluding hydrogens is 326 g/mol. The fourth-order valence-electron chi connectivity index (χ4n) is 3.07. The maximum atomic E-state index is 12.7. The second-order valence-corrected chi connectivity index (χ2v) is 6.52. The Labute approximate surface area is 145 Å². The highest BCUT2D eigenvalue weighted by molar-refractivity contribution is 5.95. The lowest BCUT2D eigenvalue weighted by Gasteiger charge is -2.32. The first kappa shape index (κ1) is 17.2. The van der Waals surface area contributed by atoms with E-state index in [9.17, 15) is 19.7 Å². The van der Waals surface area contributed by atoms with E-state index in [0.29, 0.717) is 19.1 Å². The van der Waals surface area contributed by atoms with Gasteiger partial charge in [0.15, 0.2) is 5.75 Å². The van der Waals surface area contributed by atoms with Crippen LogP contribution in [0, 0.1) is 16.0 Å². The lowest BCUT2D eigenvalue weighted by molar-refractivity contribution is -0.385. The first-order valence-corrected chi connectivity index (χ1v) is 8.41. The maximum Gasteiger partial charge on any atom is 0.311 e. The molecule has 1 heterocycles. The van der Waals surface area contributed by atoms with Gasteiger partial charge in [0.25, 0.3) is 5.91 Å². The molecule has 25 heavy (non-hydrogen) atoms. The maximum absolute atomic E-state index is 12.7. The highest BCUT2D eigenvalue weighted by Crippen LogP contribution is 2.29. The molecule has 1 N–H and O–H groups in total. The van der Waals surface area contributed by atoms with Crippen molar-refractivity contribution in [2.75, 3.05) is 20.2 Å². The summed E-state index contributed by atoms with van der Waals surface area (Å²) in [6.45, 7) is 0.892. The average Bonchev–Trinajstić information content (AvgIpc) is 3.44. The summed E-state index contributed by atoms with van der Waals surface area (Å²) in [5.41, 5.74) is -0.0101. The molecule has 1 aliphatic carbocycles. The molecule has 1 atom stereocenters. The number of piperidine rings is 1. The molecule has 1 aromatic rings. The molecule has 134 valence electrons. The van der Waals surface area contributed by atoms with Crippen LogP contribution in [0.15, 0.2) is 18.2 Å². The highest BCUT2D eigenvalue weighted by Gasteiger charge is 2.32. The Morgan fingerprint density at radius 2 is 2.08 bits per heavy atom. The number of likely N-dealkylation sites (tertiary alicyclic amines) is 1. The van der Waals surface area contributed by atoms with Gasteiger partial charge in [-0.05, 0) is 37.8 Å². The number of amides is 2. The third kappa shape index (κ3) is 3.89. The van der Waals surface area contributed by atoms with Crippen molar-refractivity contribution in [2.24, 2.45) is 5.92 Å². The van der Waals surface area contributed by atoms with E-state index in [0.717, 1.165) is 25.7 Å². The smallest absolute Gasteiger partial charge is 0.311 e. The number of benzene rings is 1. The monoisotopic (exact) mass is 347 g/mol. The van der Waals surface area contributed by atoms with Crippen molar-refractivity contribution in [3.05, 3.63) is 33.9 Å². The van der Waals surface area contributed by atoms with Gasteiger partial charge in [-0.15, -0.1) is 0 Å². The fourth-order valence-corrected chi connectivity index (χ4v) is 3.07. The molecule has 2 aliphatic rings. The Morgan fingerprint density at radius 3 is 2.72 bits per heavy atom. The van der Waals surface area contributed by atoms with E-state index in [2.05, 4.69) is 5.32 Å². The van der Waals surface area contributed by atoms with Crippen molar-refractivity contribution in [3.8, 4) is 5.75 Å². The zero-order chi connectivity index (χ0) is 18.0. The van der Waals surface area contributed by atoms with Crippen LogP contribution in [0.5, 0.6) is 5.75 Å². The van der Waals surface area contributed by atoms with Gasteiger partial charge in [0.2, 0.25) is 5.91 Å². The van der Waals surface area contributed by atoms with Crippen molar-refractivity contribution >= 4 is 17.5 Å². The largest absolute Gasteiger partial charge is 0.490 e. The molecule has 8 heteroatoms. The van der Waals surface area contributed by atoms with Crippen molar-refractivity contribution in [2.45, 2.75) is 31.7 Å². The number of methoxy groups -OCH3 is 1. The van der Waals surface area contributed by atoms with Gasteiger partial charge in [-0.2, -0.15) is 0 Å². The van der Waals surface area contributed by atoms with Gasteiger partial charge < -0.3 is 15.0 Å². The van der Waals surface area contributed by atoms with Crippen LogP contribution in [-0.2, 0) is 4.79 Å². The number of carbonyl (C=O) groups is 2. The van der Waals surface area contributed by atoms with Gasteiger partial charge in [0.05, 0.1) is 18.0 Å². The van der Waals surface area contributed by atoms with Crippen LogP contribution >= 0.6 is 0 Å². The molecule has 1 saturated heterocycles. The van der Waals surface area contributed by atoms with Crippen LogP contribution < -0.4 is 10.1 Å². The lowest BCUT2D eigenvalue weighted by Crippen LogP contribution is -2.45. The van der Waals surface area contributed by atoms with E-state index in [4.69, 9.17) is 4.74 Å². The predicted molar refractivity (Wildman–Crippen MR) is 89.4 cm³/mol. The zero-order valence-electron chi connectivity index (χ0n) is 14.1. The van der Waals surface area contributed by atoms with Gasteiger partial charge in [0.1, 0.15) is 0 Å². The van der Waals surface area contributed by atoms with E-state index in [1.165, 1.54) is 25.3 Å². The normalized spacial score (nSPS) is 20.0. The van der Waals surface area contributed by atoms with E-state index < -0.39 is 4.92 Å². The van der Waals surface area contributed by atoms with E-state index in [-0.39, 0.29) is 34.7 Å². The van der Waals surface area contributed by atoms with Crippen LogP contribution in [-0.4, -0.2) is 47.9 Å². The summed E-state index contributed by atoms with van der Waals surface area (Å²) in [7, 11) is 1.34. The molecule has 0 unspecified atom stereocenters. The van der Waals surface area contributed by atoms with Crippen molar-refractivity contribution in [1.29, 1.82) is 0 Å². The van der Waals surface area contributed by atoms with Gasteiger partial charge >= 0.3 is 5.69 Å². The first-order valence-electron chi connectivity index (χ1n) is 8.41. The van der Waals surface area contributed by atoms with Crippen LogP contribution in [0.4, 0.5) is 5.69 Å². The van der Waals surface area contributed by atoms with Crippen LogP contribution in [0.25, 0.3) is 0 Å². The number of carbonyl (C=O) groups excluding carboxylic acids is 2. The SMILES string of the molecule is COc1ccc(C(=O)N2CCC[C@@H](C(=O)NC3CC3)C2)cc1[N+](=O)[O-]. The number of nitro groups is 1. The second kappa shape index (κ2) is 7.08. The molecule has 1 saturated carbocycles. The topological polar surface area (TPSA) is 102 Å². The minimum absolute atomic E-state index is 0.000659. The second-order valence-electron chi connectivity index (χ2n) is 6.52. The number of rotatable bonds is 5. The molecule has 0 bridgehead atoms. The number of hydrogen-bond acceptors (Lipinski definition) is 5. The molecule has 2 amide bonds. The number of ether oxygens (including phenoxy) is 1. The number of hydrogen-bond donors (Lipinski definition) is 1. The summed E-state index contributed by atoms with van der Waals surface area (Å²) in [4.78, 5) is 37.1. The van der Waals surface area contributed by atoms with E-state index in [1.54, 1.807) is 4.90 Å². The van der Waals surface area contributed by atoms with Crippen molar-refractivity contribution in [1.82, 2.24) is 10.2 Å². The van der Waals surface area contributed by atoms with E-state index in [1.807, 2.05) is 0 Å². The summed E-state index contributed by atoms with van der Waals surface area (Å²) >= 11 is 0. The summed E-state index contributed by atoms with van der Waals surface area (Å²) in [6.07, 6.45) is 3.55. The Hall–Kier alpha value is -2.64. The van der Waals surface area contributed by atoms with Crippen LogP contribution in [0.3, 0.4) is 0 Å². The Bertz CT molecular complexity index is 702. The van der Waals surface area contributed by atoms with Crippen molar-refractivity contribution < 1.29 is 19.2 Å². The summed E-state index contributed by atoms with van der Waals surface area (Å²) in [5.74, 6) is -0.399. The molecule has 1 aromatic carbocycles. The Morgan fingerprint density at radius 1 is 1.32 bits per heavy atom. The van der Waals surface area contributed by atoms with Gasteiger partial charge in [-0.3, -0.25) is 19.7 Å². The molecule has 0 radical (unpaired) electrons. The summed E-state index contributed by atoms with van der Waals surface area (Å²) < 4.78 is 4.96. The van der Waals surface area contributed by atoms with Gasteiger partial charge in [0, 0.05) is 30.8 Å². The third-order valence-electron chi connectivity index (χ3n) is 4.63. The minimum Gasteiger partial charge on any atom is -0.490 e. The number of nitro benzene ring substituents is 1. The molecule has 0 spiro atoms. The molecular formula is C17H21N3O5. The highest BCUT2D eigenvalue weighted by atomic mass is 16.6. The first-order chi connectivity index (χ1) is 12.0. The molecule has 2 fully saturated rings. The molecule has 3 rings (SSSR count). The summed E-state index contributed by atoms with van der Waals surface area (Å²) in [6, 6.07) is 4.46. The molecule has 1 aliphatic heterocycles. The number of nitrogens with zero attached hydrogens (tertiary/aromatic N) is 2. The summed E-state index contributed by atoms with van der Waals surface area (Å²) in [5, 5.41) is 14.1. The lowest BCUT2D eigenvalue weighted by atomic mass is 9.96. The fraction of sp³-hybridized carbons (Fsp3) is 0.529. The van der Waals surface area contributed by atoms with E-state index >= 15 is 0 Å². The average molecular weight is 347 g/mol. The number of nitrogens with one attached hydrogen (secondary N) is 1. The minimum atomic E-state index is -0.572. The molecule has 0 aromatic heterocycles. The predicted octanol–water partition coefficient (Wildman–Crippen LogP) is 1.73. The van der Waals surface area contributed by atoms with Crippen molar-refractivity contribution in [3.63, 3.8) is 0 Å².